The zero-order chi connectivity index (χ0) is 40.8. The molecule has 0 fully saturated rings. The third-order valence-corrected chi connectivity index (χ3v) is 9.24. The predicted molar refractivity (Wildman–Crippen MR) is 226 cm³/mol. The number of aliphatic carboxylic acids is 2. The zero-order valence-corrected chi connectivity index (χ0v) is 35.6. The van der Waals surface area contributed by atoms with Gasteiger partial charge in [-0.05, 0) is 137 Å². The van der Waals surface area contributed by atoms with Gasteiger partial charge in [-0.3, -0.25) is 0 Å². The second-order valence-corrected chi connectivity index (χ2v) is 13.9. The Morgan fingerprint density at radius 1 is 0.623 bits per heavy atom. The molecule has 0 heterocycles. The molecule has 0 atom stereocenters. The van der Waals surface area contributed by atoms with Crippen molar-refractivity contribution >= 4 is 40.4 Å². The van der Waals surface area contributed by atoms with Gasteiger partial charge in [0.15, 0.2) is 0 Å². The normalized spacial score (nSPS) is 12.7. The highest BCUT2D eigenvalue weighted by Gasteiger charge is 2.09. The first-order valence-corrected chi connectivity index (χ1v) is 18.5. The molecular formula is C46H61AlO6. The lowest BCUT2D eigenvalue weighted by atomic mass is 9.96. The molecule has 7 heteroatoms. The van der Waals surface area contributed by atoms with Crippen LogP contribution in [0.4, 0.5) is 0 Å². The number of rotatable bonds is 13. The van der Waals surface area contributed by atoms with Crippen LogP contribution in [-0.2, 0) is 9.59 Å². The second-order valence-electron chi connectivity index (χ2n) is 13.4. The number of aryl methyl sites for hydroxylation is 2. The number of hydrogen-bond acceptors (Lipinski definition) is 4. The van der Waals surface area contributed by atoms with Crippen molar-refractivity contribution in [2.45, 2.75) is 88.4 Å². The first kappa shape index (κ1) is 48.4. The second kappa shape index (κ2) is 25.4. The van der Waals surface area contributed by atoms with E-state index in [1.165, 1.54) is 50.8 Å². The number of methoxy groups -OCH3 is 2. The summed E-state index contributed by atoms with van der Waals surface area (Å²) in [6.45, 7) is 24.4. The molecular weight excluding hydrogens is 675 g/mol. The molecule has 6 nitrogen and oxygen atoms in total. The highest BCUT2D eigenvalue weighted by Crippen LogP contribution is 2.29. The standard InChI is InChI=1S/2C21H26O3.C4H9.Al/c2*1-14(8-7-9-15(2)12-21(22)23)10-11-19-16(3)13-20(24-6)18(5)17(19)4;1-4(2)3;/h2*7-13H,1-6H3,(H,22,23);4H,1H2,2-3H3;/b2*9-7+,11-10+,14-8+,15-12+;;. The van der Waals surface area contributed by atoms with Crippen LogP contribution in [0.25, 0.3) is 12.2 Å². The fraction of sp³-hybridized carbons (Fsp3) is 0.348. The van der Waals surface area contributed by atoms with Crippen molar-refractivity contribution in [3.8, 4) is 11.5 Å². The van der Waals surface area contributed by atoms with E-state index in [2.05, 4.69) is 108 Å². The lowest BCUT2D eigenvalue weighted by Gasteiger charge is -2.13. The molecule has 0 aromatic heterocycles. The van der Waals surface area contributed by atoms with Crippen molar-refractivity contribution in [3.05, 3.63) is 140 Å². The van der Waals surface area contributed by atoms with Crippen molar-refractivity contribution in [2.75, 3.05) is 14.2 Å². The molecule has 0 amide bonds. The Kier molecular flexibility index (Phi) is 23.2. The fourth-order valence-electron chi connectivity index (χ4n) is 4.80. The maximum Gasteiger partial charge on any atom is 0.328 e. The Bertz CT molecular complexity index is 1660. The number of ether oxygens (including phenoxy) is 2. The summed E-state index contributed by atoms with van der Waals surface area (Å²) >= 11 is 2.69. The largest absolute Gasteiger partial charge is 0.496 e. The van der Waals surface area contributed by atoms with Crippen LogP contribution in [0, 0.1) is 47.5 Å². The number of hydrogen-bond donors (Lipinski definition) is 2. The summed E-state index contributed by atoms with van der Waals surface area (Å²) in [4.78, 5) is 21.1. The first-order chi connectivity index (χ1) is 24.8. The Morgan fingerprint density at radius 2 is 0.943 bits per heavy atom. The molecule has 53 heavy (non-hydrogen) atoms. The molecule has 0 saturated heterocycles. The summed E-state index contributed by atoms with van der Waals surface area (Å²) in [5.74, 6) is 0.813. The van der Waals surface area contributed by atoms with Crippen LogP contribution in [0.2, 0.25) is 5.28 Å². The fourth-order valence-corrected chi connectivity index (χ4v) is 4.80. The highest BCUT2D eigenvalue weighted by atomic mass is 27.0. The van der Waals surface area contributed by atoms with E-state index in [0.717, 1.165) is 39.7 Å². The van der Waals surface area contributed by atoms with E-state index in [1.54, 1.807) is 40.2 Å². The summed E-state index contributed by atoms with van der Waals surface area (Å²) in [6, 6.07) is 4.11. The average molecular weight is 737 g/mol. The van der Waals surface area contributed by atoms with Crippen molar-refractivity contribution in [1.29, 1.82) is 0 Å². The number of carboxylic acid groups (broad SMARTS) is 2. The van der Waals surface area contributed by atoms with Gasteiger partial charge in [-0.1, -0.05) is 91.7 Å². The summed E-state index contributed by atoms with van der Waals surface area (Å²) < 4.78 is 10.8. The van der Waals surface area contributed by atoms with Crippen LogP contribution in [0.1, 0.15) is 86.1 Å². The minimum Gasteiger partial charge on any atom is -0.496 e. The van der Waals surface area contributed by atoms with Gasteiger partial charge in [0.05, 0.1) is 14.2 Å². The van der Waals surface area contributed by atoms with E-state index in [-0.39, 0.29) is 0 Å². The first-order valence-electron chi connectivity index (χ1n) is 17.7. The number of benzene rings is 2. The van der Waals surface area contributed by atoms with Crippen molar-refractivity contribution in [1.82, 2.24) is 0 Å². The highest BCUT2D eigenvalue weighted by molar-refractivity contribution is 6.08. The molecule has 0 bridgehead atoms. The van der Waals surface area contributed by atoms with Gasteiger partial charge in [0.25, 0.3) is 0 Å². The number of allylic oxidation sites excluding steroid dienone is 12. The van der Waals surface area contributed by atoms with E-state index < -0.39 is 11.9 Å². The topological polar surface area (TPSA) is 93.1 Å². The van der Waals surface area contributed by atoms with Crippen LogP contribution in [0.5, 0.6) is 11.5 Å². The molecule has 0 aliphatic carbocycles. The number of carboxylic acids is 2. The molecule has 2 rings (SSSR count). The molecule has 2 N–H and O–H groups in total. The van der Waals surface area contributed by atoms with Crippen LogP contribution in [0.15, 0.2) is 95.2 Å². The van der Waals surface area contributed by atoms with Crippen LogP contribution in [0.3, 0.4) is 0 Å². The smallest absolute Gasteiger partial charge is 0.328 e. The Morgan fingerprint density at radius 3 is 1.21 bits per heavy atom. The lowest BCUT2D eigenvalue weighted by molar-refractivity contribution is -0.132. The van der Waals surface area contributed by atoms with Gasteiger partial charge in [0.1, 0.15) is 27.8 Å². The molecule has 2 radical (unpaired) electrons. The zero-order valence-electron chi connectivity index (χ0n) is 34.5. The molecule has 0 unspecified atom stereocenters. The van der Waals surface area contributed by atoms with E-state index in [4.69, 9.17) is 19.7 Å². The lowest BCUT2D eigenvalue weighted by Crippen LogP contribution is -1.95. The summed E-state index contributed by atoms with van der Waals surface area (Å²) in [5, 5.41) is 18.6. The molecule has 0 aliphatic heterocycles. The van der Waals surface area contributed by atoms with E-state index >= 15 is 0 Å². The minimum atomic E-state index is -0.932. The van der Waals surface area contributed by atoms with Gasteiger partial charge in [0, 0.05) is 12.2 Å². The predicted octanol–water partition coefficient (Wildman–Crippen LogP) is 11.6. The molecule has 0 saturated carbocycles. The third kappa shape index (κ3) is 19.2. The van der Waals surface area contributed by atoms with Crippen LogP contribution in [-0.4, -0.2) is 52.7 Å². The Hall–Kier alpha value is -4.57. The summed E-state index contributed by atoms with van der Waals surface area (Å²) in [5.41, 5.74) is 13.1. The molecule has 284 valence electrons. The molecule has 2 aromatic rings. The third-order valence-electron chi connectivity index (χ3n) is 8.29. The van der Waals surface area contributed by atoms with Gasteiger partial charge < -0.3 is 19.7 Å². The molecule has 0 spiro atoms. The molecule has 0 aliphatic rings. The average Bonchev–Trinajstić information content (AvgIpc) is 3.07. The quantitative estimate of drug-likeness (QED) is 0.121. The van der Waals surface area contributed by atoms with Crippen molar-refractivity contribution in [3.63, 3.8) is 0 Å². The van der Waals surface area contributed by atoms with Gasteiger partial charge in [-0.2, -0.15) is 0 Å². The Labute approximate surface area is 328 Å². The summed E-state index contributed by atoms with van der Waals surface area (Å²) in [6.07, 6.45) is 21.9. The van der Waals surface area contributed by atoms with Gasteiger partial charge in [-0.25, -0.2) is 9.59 Å². The van der Waals surface area contributed by atoms with Gasteiger partial charge >= 0.3 is 11.9 Å². The van der Waals surface area contributed by atoms with E-state index in [9.17, 15) is 9.59 Å². The van der Waals surface area contributed by atoms with Crippen LogP contribution < -0.4 is 9.47 Å². The van der Waals surface area contributed by atoms with Crippen LogP contribution >= 0.6 is 0 Å². The van der Waals surface area contributed by atoms with Crippen molar-refractivity contribution < 1.29 is 29.3 Å². The Balaban J connectivity index is 0.000000904. The van der Waals surface area contributed by atoms with E-state index in [1.807, 2.05) is 38.2 Å². The van der Waals surface area contributed by atoms with Crippen molar-refractivity contribution in [2.24, 2.45) is 5.92 Å². The molecule has 2 aromatic carbocycles. The monoisotopic (exact) mass is 736 g/mol. The van der Waals surface area contributed by atoms with E-state index in [0.29, 0.717) is 11.1 Å². The SMILES string of the molecule is CC(C)[CH2][Al].COc1cc(C)c(/C=C/C(C)=C/C=C/C(C)=C/C(=O)O)c(C)c1C.COc1cc(C)c(/C=C/C(C)=C/C=C/C(C)=C/C(=O)O)c(C)c1C. The van der Waals surface area contributed by atoms with Gasteiger partial charge in [-0.15, -0.1) is 5.28 Å². The summed E-state index contributed by atoms with van der Waals surface area (Å²) in [7, 11) is 3.38. The number of carbonyl (C=O) groups is 2. The maximum atomic E-state index is 10.6. The maximum absolute atomic E-state index is 10.6. The minimum absolute atomic E-state index is 0.702. The van der Waals surface area contributed by atoms with Gasteiger partial charge in [0.2, 0.25) is 0 Å².